The van der Waals surface area contributed by atoms with Crippen molar-refractivity contribution in [2.45, 2.75) is 25.5 Å². The smallest absolute Gasteiger partial charge is 0.326 e. The van der Waals surface area contributed by atoms with Crippen LogP contribution in [0.15, 0.2) is 24.3 Å². The highest BCUT2D eigenvalue weighted by Gasteiger charge is 2.37. The average Bonchev–Trinajstić information content (AvgIpc) is 2.39. The Kier molecular flexibility index (Phi) is 5.35. The number of carbonyl (C=O) groups excluding carboxylic acids is 1. The van der Waals surface area contributed by atoms with Gasteiger partial charge in [-0.25, -0.2) is 0 Å². The van der Waals surface area contributed by atoms with E-state index in [1.54, 1.807) is 26.0 Å². The largest absolute Gasteiger partial charge is 0.465 e. The number of hydrogen-bond donors (Lipinski definition) is 0. The van der Waals surface area contributed by atoms with Gasteiger partial charge in [0.25, 0.3) is 5.69 Å². The van der Waals surface area contributed by atoms with Gasteiger partial charge in [0.2, 0.25) is 0 Å². The number of rotatable bonds is 6. The SMILES string of the molecule is CCOC(=O)C(C)(SCC)c1ccc([N+](=O)[O-])cc1. The van der Waals surface area contributed by atoms with Crippen molar-refractivity contribution in [2.75, 3.05) is 12.4 Å². The number of esters is 1. The van der Waals surface area contributed by atoms with E-state index in [0.717, 1.165) is 5.75 Å². The zero-order valence-corrected chi connectivity index (χ0v) is 12.0. The lowest BCUT2D eigenvalue weighted by atomic mass is 10.00. The maximum absolute atomic E-state index is 12.1. The topological polar surface area (TPSA) is 69.4 Å². The highest BCUT2D eigenvalue weighted by atomic mass is 32.2. The highest BCUT2D eigenvalue weighted by Crippen LogP contribution is 2.38. The number of nitro benzene ring substituents is 1. The Morgan fingerprint density at radius 1 is 1.37 bits per heavy atom. The van der Waals surface area contributed by atoms with Gasteiger partial charge in [-0.1, -0.05) is 19.1 Å². The number of thioether (sulfide) groups is 1. The van der Waals surface area contributed by atoms with E-state index < -0.39 is 9.67 Å². The third kappa shape index (κ3) is 3.47. The fraction of sp³-hybridized carbons (Fsp3) is 0.462. The lowest BCUT2D eigenvalue weighted by molar-refractivity contribution is -0.384. The fourth-order valence-electron chi connectivity index (χ4n) is 1.72. The summed E-state index contributed by atoms with van der Waals surface area (Å²) in [6.45, 7) is 5.80. The normalized spacial score (nSPS) is 13.6. The van der Waals surface area contributed by atoms with E-state index in [-0.39, 0.29) is 11.7 Å². The summed E-state index contributed by atoms with van der Waals surface area (Å²) in [4.78, 5) is 22.3. The summed E-state index contributed by atoms with van der Waals surface area (Å²) in [5.41, 5.74) is 0.722. The zero-order chi connectivity index (χ0) is 14.5. The molecule has 0 saturated carbocycles. The summed E-state index contributed by atoms with van der Waals surface area (Å²) < 4.78 is 4.26. The van der Waals surface area contributed by atoms with Gasteiger partial charge in [-0.2, -0.15) is 0 Å². The molecule has 0 N–H and O–H groups in total. The molecule has 6 heteroatoms. The second-order valence-electron chi connectivity index (χ2n) is 3.99. The number of non-ortho nitro benzene ring substituents is 1. The molecule has 0 spiro atoms. The summed E-state index contributed by atoms with van der Waals surface area (Å²) in [6, 6.07) is 6.03. The van der Waals surface area contributed by atoms with E-state index in [4.69, 9.17) is 4.74 Å². The molecule has 0 heterocycles. The van der Waals surface area contributed by atoms with Crippen LogP contribution in [0.3, 0.4) is 0 Å². The second-order valence-corrected chi connectivity index (χ2v) is 5.67. The van der Waals surface area contributed by atoms with Crippen LogP contribution in [-0.4, -0.2) is 23.3 Å². The van der Waals surface area contributed by atoms with Crippen LogP contribution >= 0.6 is 11.8 Å². The number of nitro groups is 1. The van der Waals surface area contributed by atoms with Crippen LogP contribution in [0.1, 0.15) is 26.3 Å². The van der Waals surface area contributed by atoms with Gasteiger partial charge >= 0.3 is 5.97 Å². The van der Waals surface area contributed by atoms with Crippen molar-refractivity contribution in [3.63, 3.8) is 0 Å². The van der Waals surface area contributed by atoms with Crippen molar-refractivity contribution >= 4 is 23.4 Å². The first kappa shape index (κ1) is 15.5. The van der Waals surface area contributed by atoms with E-state index in [1.165, 1.54) is 23.9 Å². The molecule has 19 heavy (non-hydrogen) atoms. The molecule has 5 nitrogen and oxygen atoms in total. The molecule has 0 aliphatic heterocycles. The summed E-state index contributed by atoms with van der Waals surface area (Å²) >= 11 is 1.45. The molecule has 0 aliphatic carbocycles. The molecule has 1 atom stereocenters. The Hall–Kier alpha value is -1.56. The lowest BCUT2D eigenvalue weighted by Crippen LogP contribution is -2.31. The van der Waals surface area contributed by atoms with Gasteiger partial charge in [0.1, 0.15) is 4.75 Å². The Bertz CT molecular complexity index is 460. The van der Waals surface area contributed by atoms with Gasteiger partial charge in [0, 0.05) is 12.1 Å². The van der Waals surface area contributed by atoms with Crippen molar-refractivity contribution < 1.29 is 14.5 Å². The molecule has 1 aromatic carbocycles. The molecule has 0 saturated heterocycles. The Balaban J connectivity index is 3.11. The molecule has 0 aromatic heterocycles. The van der Waals surface area contributed by atoms with Crippen molar-refractivity contribution in [3.8, 4) is 0 Å². The minimum absolute atomic E-state index is 0.0106. The maximum atomic E-state index is 12.1. The van der Waals surface area contributed by atoms with Crippen LogP contribution in [0.4, 0.5) is 5.69 Å². The van der Waals surface area contributed by atoms with E-state index in [9.17, 15) is 14.9 Å². The predicted octanol–water partition coefficient (Wildman–Crippen LogP) is 3.13. The minimum atomic E-state index is -0.833. The quantitative estimate of drug-likeness (QED) is 0.456. The molecule has 0 bridgehead atoms. The maximum Gasteiger partial charge on any atom is 0.326 e. The van der Waals surface area contributed by atoms with Crippen molar-refractivity contribution in [1.82, 2.24) is 0 Å². The van der Waals surface area contributed by atoms with Gasteiger partial charge in [0.15, 0.2) is 0 Å². The monoisotopic (exact) mass is 283 g/mol. The second kappa shape index (κ2) is 6.56. The first-order valence-corrected chi connectivity index (χ1v) is 7.00. The number of carbonyl (C=O) groups is 1. The molecule has 1 unspecified atom stereocenters. The molecular formula is C13H17NO4S. The summed E-state index contributed by atoms with van der Waals surface area (Å²) in [5, 5.41) is 10.6. The molecule has 0 fully saturated rings. The number of hydrogen-bond acceptors (Lipinski definition) is 5. The third-order valence-corrected chi connectivity index (χ3v) is 4.00. The number of ether oxygens (including phenoxy) is 1. The van der Waals surface area contributed by atoms with E-state index in [0.29, 0.717) is 12.2 Å². The predicted molar refractivity (Wildman–Crippen MR) is 75.2 cm³/mol. The van der Waals surface area contributed by atoms with Crippen LogP contribution in [0.5, 0.6) is 0 Å². The number of benzene rings is 1. The van der Waals surface area contributed by atoms with Crippen LogP contribution in [0.2, 0.25) is 0 Å². The molecule has 1 rings (SSSR count). The van der Waals surface area contributed by atoms with Gasteiger partial charge in [0.05, 0.1) is 11.5 Å². The highest BCUT2D eigenvalue weighted by molar-refractivity contribution is 8.00. The Morgan fingerprint density at radius 2 is 1.95 bits per heavy atom. The zero-order valence-electron chi connectivity index (χ0n) is 11.2. The Labute approximate surface area is 116 Å². The average molecular weight is 283 g/mol. The van der Waals surface area contributed by atoms with Gasteiger partial charge in [-0.15, -0.1) is 11.8 Å². The molecule has 104 valence electrons. The summed E-state index contributed by atoms with van der Waals surface area (Å²) in [6.07, 6.45) is 0. The van der Waals surface area contributed by atoms with Crippen molar-refractivity contribution in [1.29, 1.82) is 0 Å². The van der Waals surface area contributed by atoms with Gasteiger partial charge in [-0.05, 0) is 25.2 Å². The van der Waals surface area contributed by atoms with Crippen LogP contribution in [-0.2, 0) is 14.3 Å². The summed E-state index contributed by atoms with van der Waals surface area (Å²) in [5.74, 6) is 0.419. The summed E-state index contributed by atoms with van der Waals surface area (Å²) in [7, 11) is 0. The Morgan fingerprint density at radius 3 is 2.37 bits per heavy atom. The lowest BCUT2D eigenvalue weighted by Gasteiger charge is -2.26. The first-order valence-electron chi connectivity index (χ1n) is 6.01. The standard InChI is InChI=1S/C13H17NO4S/c1-4-18-12(15)13(3,19-5-2)10-6-8-11(9-7-10)14(16)17/h6-9H,4-5H2,1-3H3. The van der Waals surface area contributed by atoms with Gasteiger partial charge < -0.3 is 4.74 Å². The minimum Gasteiger partial charge on any atom is -0.465 e. The molecule has 0 aliphatic rings. The molecule has 1 aromatic rings. The van der Waals surface area contributed by atoms with Crippen LogP contribution in [0, 0.1) is 10.1 Å². The van der Waals surface area contributed by atoms with Crippen LogP contribution in [0.25, 0.3) is 0 Å². The van der Waals surface area contributed by atoms with Crippen LogP contribution < -0.4 is 0 Å². The van der Waals surface area contributed by atoms with Crippen molar-refractivity contribution in [2.24, 2.45) is 0 Å². The molecule has 0 radical (unpaired) electrons. The van der Waals surface area contributed by atoms with Gasteiger partial charge in [-0.3, -0.25) is 14.9 Å². The molecule has 0 amide bonds. The number of nitrogens with zero attached hydrogens (tertiary/aromatic N) is 1. The van der Waals surface area contributed by atoms with Crippen molar-refractivity contribution in [3.05, 3.63) is 39.9 Å². The first-order chi connectivity index (χ1) is 8.95. The van der Waals surface area contributed by atoms with E-state index in [1.807, 2.05) is 6.92 Å². The fourth-order valence-corrected chi connectivity index (χ4v) is 2.78. The molecular weight excluding hydrogens is 266 g/mol. The van der Waals surface area contributed by atoms with E-state index in [2.05, 4.69) is 0 Å². The van der Waals surface area contributed by atoms with E-state index >= 15 is 0 Å². The third-order valence-electron chi connectivity index (χ3n) is 2.73.